The van der Waals surface area contributed by atoms with E-state index in [1.165, 1.54) is 10.6 Å². The first kappa shape index (κ1) is 21.0. The minimum atomic E-state index is -3.48. The third kappa shape index (κ3) is 6.15. The molecule has 0 saturated carbocycles. The highest BCUT2D eigenvalue weighted by atomic mass is 32.2. The molecule has 0 aliphatic carbocycles. The van der Waals surface area contributed by atoms with Crippen LogP contribution in [0.3, 0.4) is 0 Å². The van der Waals surface area contributed by atoms with Gasteiger partial charge in [0.25, 0.3) is 0 Å². The van der Waals surface area contributed by atoms with Gasteiger partial charge in [-0.2, -0.15) is 0 Å². The van der Waals surface area contributed by atoms with Crippen LogP contribution < -0.4 is 9.62 Å². The zero-order valence-corrected chi connectivity index (χ0v) is 17.2. The van der Waals surface area contributed by atoms with Gasteiger partial charge in [0.05, 0.1) is 24.6 Å². The molecular formula is C23H26N2O3S. The molecule has 0 aliphatic rings. The van der Waals surface area contributed by atoms with Crippen molar-refractivity contribution in [2.45, 2.75) is 19.2 Å². The van der Waals surface area contributed by atoms with Gasteiger partial charge in [-0.05, 0) is 28.8 Å². The fourth-order valence-corrected chi connectivity index (χ4v) is 3.98. The Balaban J connectivity index is 1.72. The second kappa shape index (κ2) is 9.69. The fourth-order valence-electron chi connectivity index (χ4n) is 3.10. The Morgan fingerprint density at radius 1 is 0.897 bits per heavy atom. The monoisotopic (exact) mass is 410 g/mol. The average molecular weight is 411 g/mol. The minimum absolute atomic E-state index is 0.242. The number of anilines is 1. The molecule has 0 aliphatic heterocycles. The second-order valence-corrected chi connectivity index (χ2v) is 8.89. The van der Waals surface area contributed by atoms with Crippen molar-refractivity contribution in [1.82, 2.24) is 5.32 Å². The van der Waals surface area contributed by atoms with Crippen LogP contribution in [0, 0.1) is 0 Å². The van der Waals surface area contributed by atoms with E-state index in [-0.39, 0.29) is 6.54 Å². The number of rotatable bonds is 9. The molecule has 0 amide bonds. The molecule has 0 spiro atoms. The summed E-state index contributed by atoms with van der Waals surface area (Å²) in [5.74, 6) is 0. The molecule has 1 atom stereocenters. The molecule has 3 aromatic carbocycles. The van der Waals surface area contributed by atoms with Crippen LogP contribution >= 0.6 is 0 Å². The molecule has 0 bridgehead atoms. The highest BCUT2D eigenvalue weighted by molar-refractivity contribution is 7.92. The molecule has 0 saturated heterocycles. The van der Waals surface area contributed by atoms with Crippen molar-refractivity contribution >= 4 is 15.7 Å². The quantitative estimate of drug-likeness (QED) is 0.567. The Morgan fingerprint density at radius 3 is 2.14 bits per heavy atom. The van der Waals surface area contributed by atoms with E-state index in [1.807, 2.05) is 60.7 Å². The van der Waals surface area contributed by atoms with Crippen molar-refractivity contribution < 1.29 is 13.5 Å². The normalized spacial score (nSPS) is 12.5. The van der Waals surface area contributed by atoms with E-state index in [0.29, 0.717) is 24.3 Å². The van der Waals surface area contributed by atoms with Crippen molar-refractivity contribution in [3.8, 4) is 0 Å². The maximum atomic E-state index is 12.4. The van der Waals surface area contributed by atoms with E-state index >= 15 is 0 Å². The van der Waals surface area contributed by atoms with Gasteiger partial charge in [-0.1, -0.05) is 72.8 Å². The summed E-state index contributed by atoms with van der Waals surface area (Å²) in [7, 11) is -3.48. The topological polar surface area (TPSA) is 69.6 Å². The molecule has 0 aromatic heterocycles. The van der Waals surface area contributed by atoms with Gasteiger partial charge in [0.15, 0.2) is 0 Å². The molecule has 2 N–H and O–H groups in total. The lowest BCUT2D eigenvalue weighted by atomic mass is 10.1. The van der Waals surface area contributed by atoms with E-state index in [1.54, 1.807) is 24.3 Å². The first-order chi connectivity index (χ1) is 13.9. The Bertz CT molecular complexity index is 1010. The Morgan fingerprint density at radius 2 is 1.52 bits per heavy atom. The van der Waals surface area contributed by atoms with Gasteiger partial charge in [0.1, 0.15) is 0 Å². The summed E-state index contributed by atoms with van der Waals surface area (Å²) < 4.78 is 26.2. The molecule has 6 heteroatoms. The van der Waals surface area contributed by atoms with Gasteiger partial charge in [0.2, 0.25) is 10.0 Å². The van der Waals surface area contributed by atoms with E-state index in [4.69, 9.17) is 0 Å². The Labute approximate surface area is 172 Å². The van der Waals surface area contributed by atoms with Gasteiger partial charge in [-0.15, -0.1) is 0 Å². The molecule has 152 valence electrons. The van der Waals surface area contributed by atoms with Crippen LogP contribution in [0.1, 0.15) is 22.8 Å². The summed E-state index contributed by atoms with van der Waals surface area (Å²) in [5, 5.41) is 13.8. The predicted octanol–water partition coefficient (Wildman–Crippen LogP) is 3.48. The van der Waals surface area contributed by atoms with Gasteiger partial charge < -0.3 is 10.4 Å². The predicted molar refractivity (Wildman–Crippen MR) is 117 cm³/mol. The molecule has 5 nitrogen and oxygen atoms in total. The van der Waals surface area contributed by atoms with Gasteiger partial charge in [0, 0.05) is 13.1 Å². The highest BCUT2D eigenvalue weighted by Gasteiger charge is 2.19. The van der Waals surface area contributed by atoms with Gasteiger partial charge in [-0.3, -0.25) is 4.31 Å². The largest absolute Gasteiger partial charge is 0.387 e. The number of nitrogens with one attached hydrogen (secondary N) is 1. The first-order valence-corrected chi connectivity index (χ1v) is 11.3. The Kier molecular flexibility index (Phi) is 7.04. The number of nitrogens with zero attached hydrogens (tertiary/aromatic N) is 1. The van der Waals surface area contributed by atoms with Crippen LogP contribution in [0.15, 0.2) is 84.9 Å². The third-order valence-electron chi connectivity index (χ3n) is 4.62. The first-order valence-electron chi connectivity index (χ1n) is 9.48. The van der Waals surface area contributed by atoms with Crippen LogP contribution in [-0.2, 0) is 23.1 Å². The number of hydrogen-bond donors (Lipinski definition) is 2. The summed E-state index contributed by atoms with van der Waals surface area (Å²) in [6.07, 6.45) is 0.456. The lowest BCUT2D eigenvalue weighted by Gasteiger charge is -2.24. The smallest absolute Gasteiger partial charge is 0.232 e. The standard InChI is InChI=1S/C23H26N2O3S/c1-29(27,28)25(18-20-11-6-3-7-12-20)22-14-8-13-21(15-22)23(26)17-24-16-19-9-4-2-5-10-19/h2-15,23-24,26H,16-18H2,1H3. The van der Waals surface area contributed by atoms with E-state index in [0.717, 1.165) is 11.1 Å². The second-order valence-electron chi connectivity index (χ2n) is 6.98. The van der Waals surface area contributed by atoms with Crippen LogP contribution in [-0.4, -0.2) is 26.3 Å². The molecular weight excluding hydrogens is 384 g/mol. The molecule has 0 radical (unpaired) electrons. The number of sulfonamides is 1. The number of hydrogen-bond acceptors (Lipinski definition) is 4. The van der Waals surface area contributed by atoms with Gasteiger partial charge >= 0.3 is 0 Å². The van der Waals surface area contributed by atoms with Crippen molar-refractivity contribution in [3.05, 3.63) is 102 Å². The van der Waals surface area contributed by atoms with Crippen LogP contribution in [0.2, 0.25) is 0 Å². The highest BCUT2D eigenvalue weighted by Crippen LogP contribution is 2.24. The number of benzene rings is 3. The van der Waals surface area contributed by atoms with E-state index in [2.05, 4.69) is 5.32 Å². The van der Waals surface area contributed by atoms with Crippen LogP contribution in [0.25, 0.3) is 0 Å². The lowest BCUT2D eigenvalue weighted by Crippen LogP contribution is -2.29. The summed E-state index contributed by atoms with van der Waals surface area (Å²) >= 11 is 0. The molecule has 0 fully saturated rings. The van der Waals surface area contributed by atoms with Crippen molar-refractivity contribution in [1.29, 1.82) is 0 Å². The summed E-state index contributed by atoms with van der Waals surface area (Å²) in [5.41, 5.74) is 3.24. The number of aliphatic hydroxyl groups is 1. The molecule has 29 heavy (non-hydrogen) atoms. The minimum Gasteiger partial charge on any atom is -0.387 e. The third-order valence-corrected chi connectivity index (χ3v) is 5.76. The molecule has 3 aromatic rings. The van der Waals surface area contributed by atoms with Crippen LogP contribution in [0.4, 0.5) is 5.69 Å². The number of aliphatic hydroxyl groups excluding tert-OH is 1. The summed E-state index contributed by atoms with van der Waals surface area (Å²) in [6, 6.07) is 26.5. The average Bonchev–Trinajstić information content (AvgIpc) is 2.73. The SMILES string of the molecule is CS(=O)(=O)N(Cc1ccccc1)c1cccc(C(O)CNCc2ccccc2)c1. The van der Waals surface area contributed by atoms with Crippen molar-refractivity contribution in [3.63, 3.8) is 0 Å². The molecule has 3 rings (SSSR count). The molecule has 1 unspecified atom stereocenters. The maximum absolute atomic E-state index is 12.4. The molecule has 0 heterocycles. The zero-order chi connectivity index (χ0) is 20.7. The van der Waals surface area contributed by atoms with E-state index < -0.39 is 16.1 Å². The zero-order valence-electron chi connectivity index (χ0n) is 16.4. The van der Waals surface area contributed by atoms with E-state index in [9.17, 15) is 13.5 Å². The fraction of sp³-hybridized carbons (Fsp3) is 0.217. The van der Waals surface area contributed by atoms with Crippen molar-refractivity contribution in [2.24, 2.45) is 0 Å². The maximum Gasteiger partial charge on any atom is 0.232 e. The van der Waals surface area contributed by atoms with Crippen molar-refractivity contribution in [2.75, 3.05) is 17.1 Å². The van der Waals surface area contributed by atoms with Gasteiger partial charge in [-0.25, -0.2) is 8.42 Å². The lowest BCUT2D eigenvalue weighted by molar-refractivity contribution is 0.174. The summed E-state index contributed by atoms with van der Waals surface area (Å²) in [4.78, 5) is 0. The Hall–Kier alpha value is -2.67. The van der Waals surface area contributed by atoms with Crippen LogP contribution in [0.5, 0.6) is 0 Å². The summed E-state index contributed by atoms with van der Waals surface area (Å²) in [6.45, 7) is 1.27.